The normalized spacial score (nSPS) is 15.7. The van der Waals surface area contributed by atoms with Gasteiger partial charge in [0.2, 0.25) is 17.7 Å². The number of methoxy groups -OCH3 is 1. The third kappa shape index (κ3) is 5.27. The maximum absolute atomic E-state index is 12.6. The van der Waals surface area contributed by atoms with Gasteiger partial charge in [-0.2, -0.15) is 0 Å². The molecule has 2 N–H and O–H groups in total. The van der Waals surface area contributed by atoms with E-state index in [4.69, 9.17) is 9.94 Å². The fourth-order valence-electron chi connectivity index (χ4n) is 2.89. The summed E-state index contributed by atoms with van der Waals surface area (Å²) in [5.41, 5.74) is 1.48. The number of benzene rings is 1. The molecule has 1 saturated heterocycles. The van der Waals surface area contributed by atoms with E-state index in [9.17, 15) is 22.8 Å². The van der Waals surface area contributed by atoms with Gasteiger partial charge in [-0.15, -0.1) is 0 Å². The van der Waals surface area contributed by atoms with E-state index in [0.29, 0.717) is 5.75 Å². The number of ether oxygens (including phenoxy) is 1. The van der Waals surface area contributed by atoms with E-state index in [-0.39, 0.29) is 48.9 Å². The standard InChI is InChI=1S/C17H22N2O7S/c1-26-13-4-6-14(7-5-13)27(24,25)11-12(17(22)18-23)3-2-10-19-15(20)8-9-16(19)21/h4-7,12,23H,2-3,8-11H2,1H3,(H,18,22). The van der Waals surface area contributed by atoms with Crippen molar-refractivity contribution >= 4 is 27.6 Å². The maximum Gasteiger partial charge on any atom is 0.247 e. The largest absolute Gasteiger partial charge is 0.497 e. The Bertz CT molecular complexity index is 789. The number of rotatable bonds is 9. The van der Waals surface area contributed by atoms with Gasteiger partial charge in [-0.05, 0) is 37.1 Å². The molecule has 1 aliphatic heterocycles. The van der Waals surface area contributed by atoms with Crippen LogP contribution in [-0.4, -0.2) is 55.7 Å². The first-order valence-corrected chi connectivity index (χ1v) is 10.1. The second-order valence-electron chi connectivity index (χ2n) is 6.21. The van der Waals surface area contributed by atoms with Gasteiger partial charge in [0.25, 0.3) is 0 Å². The highest BCUT2D eigenvalue weighted by Gasteiger charge is 2.30. The van der Waals surface area contributed by atoms with Gasteiger partial charge in [0.15, 0.2) is 9.84 Å². The number of hydrogen-bond donors (Lipinski definition) is 2. The summed E-state index contributed by atoms with van der Waals surface area (Å²) < 4.78 is 30.1. The Labute approximate surface area is 157 Å². The highest BCUT2D eigenvalue weighted by molar-refractivity contribution is 7.91. The van der Waals surface area contributed by atoms with Gasteiger partial charge < -0.3 is 4.74 Å². The zero-order chi connectivity index (χ0) is 20.0. The summed E-state index contributed by atoms with van der Waals surface area (Å²) >= 11 is 0. The fraction of sp³-hybridized carbons (Fsp3) is 0.471. The molecule has 1 heterocycles. The molecule has 27 heavy (non-hydrogen) atoms. The second kappa shape index (κ2) is 8.96. The van der Waals surface area contributed by atoms with Gasteiger partial charge in [-0.1, -0.05) is 0 Å². The molecule has 0 bridgehead atoms. The minimum absolute atomic E-state index is 0.0314. The van der Waals surface area contributed by atoms with Crippen molar-refractivity contribution in [3.63, 3.8) is 0 Å². The molecule has 0 radical (unpaired) electrons. The molecule has 2 rings (SSSR count). The van der Waals surface area contributed by atoms with Crippen LogP contribution in [0, 0.1) is 5.92 Å². The topological polar surface area (TPSA) is 130 Å². The Balaban J connectivity index is 2.03. The minimum Gasteiger partial charge on any atom is -0.497 e. The highest BCUT2D eigenvalue weighted by Crippen LogP contribution is 2.21. The van der Waals surface area contributed by atoms with Crippen molar-refractivity contribution in [2.75, 3.05) is 19.4 Å². The fourth-order valence-corrected chi connectivity index (χ4v) is 4.48. The Kier molecular flexibility index (Phi) is 6.92. The average Bonchev–Trinajstić information content (AvgIpc) is 2.98. The second-order valence-corrected chi connectivity index (χ2v) is 8.25. The number of nitrogens with zero attached hydrogens (tertiary/aromatic N) is 1. The number of hydrogen-bond acceptors (Lipinski definition) is 7. The zero-order valence-corrected chi connectivity index (χ0v) is 15.7. The Hall–Kier alpha value is -2.46. The number of carbonyl (C=O) groups excluding carboxylic acids is 3. The van der Waals surface area contributed by atoms with Crippen molar-refractivity contribution < 1.29 is 32.7 Å². The Morgan fingerprint density at radius 1 is 1.22 bits per heavy atom. The molecule has 3 amide bonds. The van der Waals surface area contributed by atoms with Crippen LogP contribution in [0.1, 0.15) is 25.7 Å². The first kappa shape index (κ1) is 20.8. The molecule has 10 heteroatoms. The monoisotopic (exact) mass is 398 g/mol. The van der Waals surface area contributed by atoms with Gasteiger partial charge >= 0.3 is 0 Å². The number of likely N-dealkylation sites (tertiary alicyclic amines) is 1. The van der Waals surface area contributed by atoms with Crippen molar-refractivity contribution in [2.24, 2.45) is 5.92 Å². The summed E-state index contributed by atoms with van der Waals surface area (Å²) in [5, 5.41) is 8.91. The van der Waals surface area contributed by atoms with Crippen molar-refractivity contribution in [1.29, 1.82) is 0 Å². The van der Waals surface area contributed by atoms with E-state index in [1.54, 1.807) is 0 Å². The van der Waals surface area contributed by atoms with Crippen LogP contribution in [-0.2, 0) is 24.2 Å². The van der Waals surface area contributed by atoms with Gasteiger partial charge in [0.05, 0.1) is 23.7 Å². The van der Waals surface area contributed by atoms with E-state index in [2.05, 4.69) is 0 Å². The van der Waals surface area contributed by atoms with Crippen molar-refractivity contribution in [3.8, 4) is 5.75 Å². The molecule has 1 aromatic rings. The molecular weight excluding hydrogens is 376 g/mol. The molecule has 0 aromatic heterocycles. The summed E-state index contributed by atoms with van der Waals surface area (Å²) in [6.45, 7) is 0.120. The lowest BCUT2D eigenvalue weighted by Gasteiger charge is -2.18. The predicted molar refractivity (Wildman–Crippen MR) is 93.7 cm³/mol. The van der Waals surface area contributed by atoms with Crippen LogP contribution in [0.4, 0.5) is 0 Å². The molecule has 0 aliphatic carbocycles. The first-order chi connectivity index (χ1) is 12.8. The number of amides is 3. The molecule has 0 spiro atoms. The van der Waals surface area contributed by atoms with Crippen LogP contribution in [0.2, 0.25) is 0 Å². The number of nitrogens with one attached hydrogen (secondary N) is 1. The number of sulfone groups is 1. The van der Waals surface area contributed by atoms with E-state index in [1.165, 1.54) is 36.9 Å². The Morgan fingerprint density at radius 2 is 1.81 bits per heavy atom. The lowest BCUT2D eigenvalue weighted by molar-refractivity contribution is -0.138. The summed E-state index contributed by atoms with van der Waals surface area (Å²) in [7, 11) is -2.33. The lowest BCUT2D eigenvalue weighted by Crippen LogP contribution is -2.35. The summed E-state index contributed by atoms with van der Waals surface area (Å²) in [6, 6.07) is 5.75. The van der Waals surface area contributed by atoms with Crippen LogP contribution in [0.5, 0.6) is 5.75 Å². The summed E-state index contributed by atoms with van der Waals surface area (Å²) in [4.78, 5) is 36.2. The third-order valence-electron chi connectivity index (χ3n) is 4.41. The third-order valence-corrected chi connectivity index (χ3v) is 6.24. The molecule has 9 nitrogen and oxygen atoms in total. The average molecular weight is 398 g/mol. The number of hydroxylamine groups is 1. The smallest absolute Gasteiger partial charge is 0.247 e. The molecule has 1 fully saturated rings. The van der Waals surface area contributed by atoms with Crippen molar-refractivity contribution in [2.45, 2.75) is 30.6 Å². The molecule has 1 aliphatic rings. The first-order valence-electron chi connectivity index (χ1n) is 8.42. The summed E-state index contributed by atoms with van der Waals surface area (Å²) in [6.07, 6.45) is 0.697. The van der Waals surface area contributed by atoms with Gasteiger partial charge in [-0.25, -0.2) is 13.9 Å². The molecular formula is C17H22N2O7S. The SMILES string of the molecule is COc1ccc(S(=O)(=O)CC(CCCN2C(=O)CCC2=O)C(=O)NO)cc1. The van der Waals surface area contributed by atoms with E-state index < -0.39 is 27.4 Å². The van der Waals surface area contributed by atoms with E-state index in [1.807, 2.05) is 0 Å². The molecule has 1 aromatic carbocycles. The zero-order valence-electron chi connectivity index (χ0n) is 14.9. The molecule has 148 valence electrons. The van der Waals surface area contributed by atoms with Crippen LogP contribution < -0.4 is 10.2 Å². The van der Waals surface area contributed by atoms with Crippen LogP contribution >= 0.6 is 0 Å². The lowest BCUT2D eigenvalue weighted by atomic mass is 10.0. The quantitative estimate of drug-likeness (QED) is 0.352. The molecule has 0 saturated carbocycles. The van der Waals surface area contributed by atoms with Gasteiger partial charge in [0, 0.05) is 19.4 Å². The minimum atomic E-state index is -3.79. The van der Waals surface area contributed by atoms with Crippen LogP contribution in [0.25, 0.3) is 0 Å². The molecule has 1 unspecified atom stereocenters. The predicted octanol–water partition coefficient (Wildman–Crippen LogP) is 0.520. The van der Waals surface area contributed by atoms with Gasteiger partial charge in [-0.3, -0.25) is 24.5 Å². The number of imide groups is 1. The Morgan fingerprint density at radius 3 is 2.33 bits per heavy atom. The van der Waals surface area contributed by atoms with Crippen LogP contribution in [0.3, 0.4) is 0 Å². The van der Waals surface area contributed by atoms with E-state index >= 15 is 0 Å². The maximum atomic E-state index is 12.6. The molecule has 1 atom stereocenters. The van der Waals surface area contributed by atoms with E-state index in [0.717, 1.165) is 4.90 Å². The van der Waals surface area contributed by atoms with Gasteiger partial charge in [0.1, 0.15) is 5.75 Å². The summed E-state index contributed by atoms with van der Waals surface area (Å²) in [5.74, 6) is -2.39. The van der Waals surface area contributed by atoms with Crippen molar-refractivity contribution in [3.05, 3.63) is 24.3 Å². The van der Waals surface area contributed by atoms with Crippen molar-refractivity contribution in [1.82, 2.24) is 10.4 Å². The highest BCUT2D eigenvalue weighted by atomic mass is 32.2. The van der Waals surface area contributed by atoms with Crippen LogP contribution in [0.15, 0.2) is 29.2 Å². The number of carbonyl (C=O) groups is 3.